The van der Waals surface area contributed by atoms with Gasteiger partial charge in [-0.2, -0.15) is 13.2 Å². The minimum Gasteiger partial charge on any atom is -0.492 e. The van der Waals surface area contributed by atoms with E-state index >= 15 is 0 Å². The maximum absolute atomic E-state index is 13.8. The Balaban J connectivity index is 1.39. The number of alkyl halides is 3. The first-order valence-electron chi connectivity index (χ1n) is 11.5. The Morgan fingerprint density at radius 1 is 1.15 bits per heavy atom. The van der Waals surface area contributed by atoms with Crippen LogP contribution in [0.25, 0.3) is 0 Å². The van der Waals surface area contributed by atoms with Crippen LogP contribution >= 0.6 is 0 Å². The minimum absolute atomic E-state index is 0.00331. The Kier molecular flexibility index (Phi) is 6.16. The van der Waals surface area contributed by atoms with E-state index in [-0.39, 0.29) is 25.0 Å². The van der Waals surface area contributed by atoms with Crippen molar-refractivity contribution in [3.8, 4) is 11.5 Å². The number of aliphatic carboxylic acids is 1. The molecule has 5 rings (SSSR count). The average molecular weight is 477 g/mol. The molecular weight excluding hydrogens is 451 g/mol. The fraction of sp³-hybridized carbons (Fsp3) is 0.480. The van der Waals surface area contributed by atoms with E-state index in [2.05, 4.69) is 0 Å². The molecule has 2 aliphatic heterocycles. The highest BCUT2D eigenvalue weighted by Crippen LogP contribution is 2.44. The number of carboxylic acids is 1. The van der Waals surface area contributed by atoms with Gasteiger partial charge < -0.3 is 19.3 Å². The SMILES string of the molecule is O=C(O)C[C@@H]1COc2cc(O[C@@H]3CCc4c3ccc(C(F)(F)F)c4CN3CCOCC3)ccc21. The minimum atomic E-state index is -4.42. The predicted octanol–water partition coefficient (Wildman–Crippen LogP) is 4.55. The van der Waals surface area contributed by atoms with Crippen molar-refractivity contribution in [2.24, 2.45) is 0 Å². The smallest absolute Gasteiger partial charge is 0.416 e. The van der Waals surface area contributed by atoms with Crippen molar-refractivity contribution < 1.29 is 37.3 Å². The molecule has 1 saturated heterocycles. The normalized spacial score (nSPS) is 22.2. The van der Waals surface area contributed by atoms with Crippen LogP contribution in [0, 0.1) is 0 Å². The number of fused-ring (bicyclic) bond motifs is 2. The van der Waals surface area contributed by atoms with Gasteiger partial charge in [-0.1, -0.05) is 12.1 Å². The van der Waals surface area contributed by atoms with Gasteiger partial charge in [0.25, 0.3) is 0 Å². The van der Waals surface area contributed by atoms with E-state index in [0.717, 1.165) is 16.7 Å². The van der Waals surface area contributed by atoms with Gasteiger partial charge >= 0.3 is 12.1 Å². The van der Waals surface area contributed by atoms with Crippen LogP contribution in [-0.2, 0) is 28.7 Å². The molecular formula is C25H26F3NO5. The fourth-order valence-electron chi connectivity index (χ4n) is 5.16. The summed E-state index contributed by atoms with van der Waals surface area (Å²) in [5.74, 6) is 0.0809. The van der Waals surface area contributed by atoms with Crippen LogP contribution in [0.15, 0.2) is 30.3 Å². The van der Waals surface area contributed by atoms with Crippen molar-refractivity contribution in [1.82, 2.24) is 4.90 Å². The summed E-state index contributed by atoms with van der Waals surface area (Å²) in [7, 11) is 0. The molecule has 0 saturated carbocycles. The second-order valence-corrected chi connectivity index (χ2v) is 9.00. The quantitative estimate of drug-likeness (QED) is 0.658. The second kappa shape index (κ2) is 9.11. The van der Waals surface area contributed by atoms with Gasteiger partial charge in [0.2, 0.25) is 0 Å². The van der Waals surface area contributed by atoms with E-state index in [9.17, 15) is 18.0 Å². The number of halogens is 3. The van der Waals surface area contributed by atoms with Crippen molar-refractivity contribution in [3.63, 3.8) is 0 Å². The van der Waals surface area contributed by atoms with Crippen LogP contribution in [0.5, 0.6) is 11.5 Å². The highest BCUT2D eigenvalue weighted by Gasteiger charge is 2.38. The number of ether oxygens (including phenoxy) is 3. The molecule has 3 aliphatic rings. The first-order valence-corrected chi connectivity index (χ1v) is 11.5. The van der Waals surface area contributed by atoms with Gasteiger partial charge in [-0.25, -0.2) is 0 Å². The molecule has 0 unspecified atom stereocenters. The van der Waals surface area contributed by atoms with Crippen LogP contribution in [0.1, 0.15) is 52.7 Å². The Morgan fingerprint density at radius 2 is 1.91 bits per heavy atom. The molecule has 0 radical (unpaired) electrons. The van der Waals surface area contributed by atoms with Crippen molar-refractivity contribution >= 4 is 5.97 Å². The van der Waals surface area contributed by atoms with Crippen LogP contribution in [0.2, 0.25) is 0 Å². The number of benzene rings is 2. The number of hydrogen-bond acceptors (Lipinski definition) is 5. The van der Waals surface area contributed by atoms with Gasteiger partial charge in [-0.05, 0) is 41.7 Å². The van der Waals surface area contributed by atoms with Crippen molar-refractivity contribution in [2.75, 3.05) is 32.9 Å². The molecule has 0 aromatic heterocycles. The molecule has 2 aromatic rings. The Labute approximate surface area is 195 Å². The zero-order valence-electron chi connectivity index (χ0n) is 18.6. The lowest BCUT2D eigenvalue weighted by Crippen LogP contribution is -2.36. The molecule has 34 heavy (non-hydrogen) atoms. The first-order chi connectivity index (χ1) is 16.3. The third-order valence-corrected chi connectivity index (χ3v) is 6.83. The van der Waals surface area contributed by atoms with Crippen LogP contribution in [-0.4, -0.2) is 48.9 Å². The second-order valence-electron chi connectivity index (χ2n) is 9.00. The van der Waals surface area contributed by atoms with Crippen LogP contribution < -0.4 is 9.47 Å². The fourth-order valence-corrected chi connectivity index (χ4v) is 5.16. The number of nitrogens with zero attached hydrogens (tertiary/aromatic N) is 1. The number of hydrogen-bond donors (Lipinski definition) is 1. The topological polar surface area (TPSA) is 68.2 Å². The molecule has 2 atom stereocenters. The maximum Gasteiger partial charge on any atom is 0.416 e. The summed E-state index contributed by atoms with van der Waals surface area (Å²) in [5, 5.41) is 9.07. The lowest BCUT2D eigenvalue weighted by molar-refractivity contribution is -0.139. The van der Waals surface area contributed by atoms with Crippen molar-refractivity contribution in [1.29, 1.82) is 0 Å². The summed E-state index contributed by atoms with van der Waals surface area (Å²) >= 11 is 0. The number of carboxylic acid groups (broad SMARTS) is 1. The van der Waals surface area contributed by atoms with E-state index in [1.54, 1.807) is 18.2 Å². The van der Waals surface area contributed by atoms with Crippen molar-refractivity contribution in [2.45, 2.75) is 44.0 Å². The van der Waals surface area contributed by atoms with Gasteiger partial charge in [0.1, 0.15) is 17.6 Å². The molecule has 2 heterocycles. The summed E-state index contributed by atoms with van der Waals surface area (Å²) in [6.45, 7) is 2.82. The molecule has 0 amide bonds. The summed E-state index contributed by atoms with van der Waals surface area (Å²) in [5.41, 5.74) is 2.12. The molecule has 1 fully saturated rings. The zero-order valence-corrected chi connectivity index (χ0v) is 18.6. The average Bonchev–Trinajstić information content (AvgIpc) is 3.38. The maximum atomic E-state index is 13.8. The number of rotatable bonds is 6. The third kappa shape index (κ3) is 4.59. The van der Waals surface area contributed by atoms with Crippen LogP contribution in [0.4, 0.5) is 13.2 Å². The standard InChI is InChI=1S/C25H26F3NO5/c26-25(27,28)21-5-3-19-18(20(21)13-29-7-9-32-10-8-29)4-6-22(19)34-16-1-2-17-15(11-24(30)31)14-33-23(17)12-16/h1-3,5,12,15,22H,4,6-11,13-14H2,(H,30,31)/t15-,22-/m1/s1. The Bertz CT molecular complexity index is 1080. The highest BCUT2D eigenvalue weighted by molar-refractivity contribution is 5.68. The lowest BCUT2D eigenvalue weighted by atomic mass is 9.96. The Hall–Kier alpha value is -2.78. The largest absolute Gasteiger partial charge is 0.492 e. The third-order valence-electron chi connectivity index (χ3n) is 6.83. The summed E-state index contributed by atoms with van der Waals surface area (Å²) in [6.07, 6.45) is -3.66. The molecule has 182 valence electrons. The van der Waals surface area contributed by atoms with Crippen LogP contribution in [0.3, 0.4) is 0 Å². The van der Waals surface area contributed by atoms with Gasteiger partial charge in [-0.3, -0.25) is 9.69 Å². The van der Waals surface area contributed by atoms with Crippen molar-refractivity contribution in [3.05, 3.63) is 58.1 Å². The molecule has 1 aliphatic carbocycles. The van der Waals surface area contributed by atoms with E-state index in [4.69, 9.17) is 19.3 Å². The van der Waals surface area contributed by atoms with Gasteiger partial charge in [-0.15, -0.1) is 0 Å². The number of carbonyl (C=O) groups is 1. The highest BCUT2D eigenvalue weighted by atomic mass is 19.4. The molecule has 2 aromatic carbocycles. The van der Waals surface area contributed by atoms with E-state index < -0.39 is 17.7 Å². The van der Waals surface area contributed by atoms with Gasteiger partial charge in [0.15, 0.2) is 0 Å². The summed E-state index contributed by atoms with van der Waals surface area (Å²) in [6, 6.07) is 8.06. The zero-order chi connectivity index (χ0) is 23.9. The van der Waals surface area contributed by atoms with E-state index in [1.807, 2.05) is 11.0 Å². The summed E-state index contributed by atoms with van der Waals surface area (Å²) < 4.78 is 58.7. The Morgan fingerprint density at radius 3 is 2.65 bits per heavy atom. The molecule has 0 spiro atoms. The molecule has 9 heteroatoms. The molecule has 0 bridgehead atoms. The number of morpholine rings is 1. The summed E-state index contributed by atoms with van der Waals surface area (Å²) in [4.78, 5) is 13.1. The van der Waals surface area contributed by atoms with E-state index in [0.29, 0.717) is 62.8 Å². The monoisotopic (exact) mass is 477 g/mol. The van der Waals surface area contributed by atoms with E-state index in [1.165, 1.54) is 6.07 Å². The molecule has 6 nitrogen and oxygen atoms in total. The van der Waals surface area contributed by atoms with Gasteiger partial charge in [0, 0.05) is 37.2 Å². The van der Waals surface area contributed by atoms with Gasteiger partial charge in [0.05, 0.1) is 31.8 Å². The first kappa shape index (κ1) is 23.0. The predicted molar refractivity (Wildman–Crippen MR) is 116 cm³/mol. The lowest BCUT2D eigenvalue weighted by Gasteiger charge is -2.29. The molecule has 1 N–H and O–H groups in total.